The van der Waals surface area contributed by atoms with Crippen LogP contribution in [-0.4, -0.2) is 23.2 Å². The number of phenolic OH excluding ortho intramolecular Hbond substituents is 1. The lowest BCUT2D eigenvalue weighted by atomic mass is 10.1. The highest BCUT2D eigenvalue weighted by atomic mass is 32.1. The number of anilines is 1. The van der Waals surface area contributed by atoms with Gasteiger partial charge in [-0.3, -0.25) is 10.1 Å². The van der Waals surface area contributed by atoms with Crippen molar-refractivity contribution in [3.63, 3.8) is 0 Å². The molecule has 6 heteroatoms. The van der Waals surface area contributed by atoms with E-state index >= 15 is 0 Å². The average Bonchev–Trinajstić information content (AvgIpc) is 2.62. The lowest BCUT2D eigenvalue weighted by molar-refractivity contribution is 0.0975. The van der Waals surface area contributed by atoms with Crippen LogP contribution in [0.25, 0.3) is 10.8 Å². The van der Waals surface area contributed by atoms with E-state index in [1.807, 2.05) is 43.3 Å². The number of rotatable bonds is 3. The minimum atomic E-state index is -0.392. The zero-order chi connectivity index (χ0) is 18.7. The van der Waals surface area contributed by atoms with Gasteiger partial charge in [-0.25, -0.2) is 0 Å². The van der Waals surface area contributed by atoms with Gasteiger partial charge in [-0.15, -0.1) is 0 Å². The Bertz CT molecular complexity index is 1000. The molecular formula is C20H18N2O3S. The van der Waals surface area contributed by atoms with Gasteiger partial charge in [0.05, 0.1) is 18.4 Å². The second-order valence-corrected chi connectivity index (χ2v) is 6.24. The molecule has 0 aromatic heterocycles. The molecule has 0 aliphatic rings. The summed E-state index contributed by atoms with van der Waals surface area (Å²) in [5, 5.41) is 17.4. The van der Waals surface area contributed by atoms with Crippen molar-refractivity contribution in [2.75, 3.05) is 12.4 Å². The molecular weight excluding hydrogens is 348 g/mol. The topological polar surface area (TPSA) is 70.6 Å². The van der Waals surface area contributed by atoms with Gasteiger partial charge in [-0.2, -0.15) is 0 Å². The molecule has 3 aromatic rings. The number of nitrogens with one attached hydrogen (secondary N) is 2. The lowest BCUT2D eigenvalue weighted by Gasteiger charge is -2.13. The number of methoxy groups -OCH3 is 1. The zero-order valence-corrected chi connectivity index (χ0v) is 15.2. The number of hydrogen-bond acceptors (Lipinski definition) is 4. The molecule has 0 aliphatic heterocycles. The number of amides is 1. The van der Waals surface area contributed by atoms with Gasteiger partial charge in [0.15, 0.2) is 5.11 Å². The van der Waals surface area contributed by atoms with Crippen molar-refractivity contribution in [1.82, 2.24) is 5.32 Å². The van der Waals surface area contributed by atoms with Crippen LogP contribution >= 0.6 is 12.2 Å². The zero-order valence-electron chi connectivity index (χ0n) is 14.4. The van der Waals surface area contributed by atoms with Crippen molar-refractivity contribution in [1.29, 1.82) is 0 Å². The van der Waals surface area contributed by atoms with Gasteiger partial charge in [0.2, 0.25) is 0 Å². The largest absolute Gasteiger partial charge is 0.506 e. The molecule has 3 aromatic carbocycles. The molecule has 3 rings (SSSR count). The Morgan fingerprint density at radius 2 is 1.77 bits per heavy atom. The number of carbonyl (C=O) groups is 1. The third-order valence-electron chi connectivity index (χ3n) is 3.94. The maximum Gasteiger partial charge on any atom is 0.261 e. The molecule has 0 aliphatic carbocycles. The van der Waals surface area contributed by atoms with E-state index in [4.69, 9.17) is 17.0 Å². The fraction of sp³-hybridized carbons (Fsp3) is 0.100. The second kappa shape index (κ2) is 7.41. The van der Waals surface area contributed by atoms with Gasteiger partial charge < -0.3 is 15.2 Å². The summed E-state index contributed by atoms with van der Waals surface area (Å²) in [7, 11) is 1.52. The molecule has 0 radical (unpaired) electrons. The van der Waals surface area contributed by atoms with Crippen LogP contribution in [0, 0.1) is 6.92 Å². The monoisotopic (exact) mass is 366 g/mol. The van der Waals surface area contributed by atoms with E-state index < -0.39 is 5.91 Å². The number of carbonyl (C=O) groups excluding carboxylic acids is 1. The number of fused-ring (bicyclic) bond motifs is 1. The molecule has 0 saturated carbocycles. The summed E-state index contributed by atoms with van der Waals surface area (Å²) in [6, 6.07) is 16.4. The summed E-state index contributed by atoms with van der Waals surface area (Å²) in [6.07, 6.45) is 0. The van der Waals surface area contributed by atoms with Gasteiger partial charge in [-0.1, -0.05) is 30.3 Å². The Morgan fingerprint density at radius 1 is 1.08 bits per heavy atom. The lowest BCUT2D eigenvalue weighted by Crippen LogP contribution is -2.34. The number of phenols is 1. The second-order valence-electron chi connectivity index (χ2n) is 5.83. The first-order chi connectivity index (χ1) is 12.5. The molecule has 0 spiro atoms. The minimum Gasteiger partial charge on any atom is -0.506 e. The summed E-state index contributed by atoms with van der Waals surface area (Å²) < 4.78 is 5.34. The highest BCUT2D eigenvalue weighted by Gasteiger charge is 2.15. The minimum absolute atomic E-state index is 0.0601. The third kappa shape index (κ3) is 3.75. The fourth-order valence-electron chi connectivity index (χ4n) is 2.64. The van der Waals surface area contributed by atoms with Crippen molar-refractivity contribution in [3.8, 4) is 11.5 Å². The molecule has 26 heavy (non-hydrogen) atoms. The first-order valence-corrected chi connectivity index (χ1v) is 8.37. The first-order valence-electron chi connectivity index (χ1n) is 7.96. The van der Waals surface area contributed by atoms with Crippen molar-refractivity contribution in [2.45, 2.75) is 6.92 Å². The van der Waals surface area contributed by atoms with E-state index in [1.54, 1.807) is 18.2 Å². The molecule has 0 fully saturated rings. The SMILES string of the molecule is COc1cc2ccccc2cc1C(=O)NC(=S)Nc1ccc(C)cc1O. The standard InChI is InChI=1S/C20H18N2O3S/c1-12-7-8-16(17(23)9-12)21-20(26)22-19(24)15-10-13-5-3-4-6-14(13)11-18(15)25-2/h3-11,23H,1-2H3,(H2,21,22,24,26). The molecule has 1 amide bonds. The number of aromatic hydroxyl groups is 1. The smallest absolute Gasteiger partial charge is 0.261 e. The predicted molar refractivity (Wildman–Crippen MR) is 107 cm³/mol. The Hall–Kier alpha value is -3.12. The highest BCUT2D eigenvalue weighted by Crippen LogP contribution is 2.26. The summed E-state index contributed by atoms with van der Waals surface area (Å²) in [5.74, 6) is 0.128. The molecule has 5 nitrogen and oxygen atoms in total. The van der Waals surface area contributed by atoms with Crippen molar-refractivity contribution >= 4 is 39.7 Å². The maximum absolute atomic E-state index is 12.6. The highest BCUT2D eigenvalue weighted by molar-refractivity contribution is 7.80. The fourth-order valence-corrected chi connectivity index (χ4v) is 2.84. The molecule has 0 atom stereocenters. The van der Waals surface area contributed by atoms with Gasteiger partial charge >= 0.3 is 0 Å². The molecule has 0 heterocycles. The molecule has 132 valence electrons. The van der Waals surface area contributed by atoms with Crippen molar-refractivity contribution in [3.05, 3.63) is 65.7 Å². The van der Waals surface area contributed by atoms with E-state index in [1.165, 1.54) is 7.11 Å². The van der Waals surface area contributed by atoms with Crippen molar-refractivity contribution < 1.29 is 14.6 Å². The van der Waals surface area contributed by atoms with Crippen LogP contribution in [-0.2, 0) is 0 Å². The normalized spacial score (nSPS) is 10.4. The first kappa shape index (κ1) is 17.7. The molecule has 3 N–H and O–H groups in total. The van der Waals surface area contributed by atoms with Crippen LogP contribution in [0.1, 0.15) is 15.9 Å². The van der Waals surface area contributed by atoms with Gasteiger partial charge in [0.1, 0.15) is 11.5 Å². The molecule has 0 bridgehead atoms. The number of ether oxygens (including phenoxy) is 1. The number of hydrogen-bond donors (Lipinski definition) is 3. The van der Waals surface area contributed by atoms with Crippen molar-refractivity contribution in [2.24, 2.45) is 0 Å². The molecule has 0 saturated heterocycles. The van der Waals surface area contributed by atoms with E-state index in [9.17, 15) is 9.90 Å². The predicted octanol–water partition coefficient (Wildman–Crippen LogP) is 3.99. The van der Waals surface area contributed by atoms with Gasteiger partial charge in [0, 0.05) is 0 Å². The van der Waals surface area contributed by atoms with E-state index in [2.05, 4.69) is 10.6 Å². The Morgan fingerprint density at radius 3 is 2.42 bits per heavy atom. The molecule has 0 unspecified atom stereocenters. The average molecular weight is 366 g/mol. The summed E-state index contributed by atoms with van der Waals surface area (Å²) in [5.41, 5.74) is 1.72. The third-order valence-corrected chi connectivity index (χ3v) is 4.15. The van der Waals surface area contributed by atoms with Crippen LogP contribution in [0.15, 0.2) is 54.6 Å². The number of aryl methyl sites for hydroxylation is 1. The Kier molecular flexibility index (Phi) is 5.04. The Labute approximate surface area is 156 Å². The van der Waals surface area contributed by atoms with Gasteiger partial charge in [0.25, 0.3) is 5.91 Å². The van der Waals surface area contributed by atoms with Gasteiger partial charge in [-0.05, 0) is 59.7 Å². The van der Waals surface area contributed by atoms with Crippen LogP contribution in [0.3, 0.4) is 0 Å². The van der Waals surface area contributed by atoms with Crippen LogP contribution in [0.5, 0.6) is 11.5 Å². The van der Waals surface area contributed by atoms with Crippen LogP contribution in [0.4, 0.5) is 5.69 Å². The van der Waals surface area contributed by atoms with E-state index in [0.717, 1.165) is 16.3 Å². The summed E-state index contributed by atoms with van der Waals surface area (Å²) in [6.45, 7) is 1.87. The number of benzene rings is 3. The quantitative estimate of drug-likeness (QED) is 0.483. The summed E-state index contributed by atoms with van der Waals surface area (Å²) in [4.78, 5) is 12.6. The van der Waals surface area contributed by atoms with Crippen LogP contribution < -0.4 is 15.4 Å². The number of thiocarbonyl (C=S) groups is 1. The van der Waals surface area contributed by atoms with E-state index in [-0.39, 0.29) is 10.9 Å². The van der Waals surface area contributed by atoms with E-state index in [0.29, 0.717) is 17.0 Å². The Balaban J connectivity index is 1.80. The van der Waals surface area contributed by atoms with Crippen LogP contribution in [0.2, 0.25) is 0 Å². The maximum atomic E-state index is 12.6. The summed E-state index contributed by atoms with van der Waals surface area (Å²) >= 11 is 5.19.